The fourth-order valence-corrected chi connectivity index (χ4v) is 2.36. The van der Waals surface area contributed by atoms with E-state index in [1.807, 2.05) is 0 Å². The Kier molecular flexibility index (Phi) is 2.60. The van der Waals surface area contributed by atoms with Gasteiger partial charge in [0, 0.05) is 5.19 Å². The van der Waals surface area contributed by atoms with Gasteiger partial charge in [-0.1, -0.05) is 18.2 Å². The van der Waals surface area contributed by atoms with Crippen LogP contribution >= 0.6 is 22.2 Å². The molecule has 0 bridgehead atoms. The normalized spacial score (nSPS) is 10.3. The van der Waals surface area contributed by atoms with Crippen LogP contribution in [-0.2, 0) is 0 Å². The van der Waals surface area contributed by atoms with Crippen molar-refractivity contribution >= 4 is 34.8 Å². The highest BCUT2D eigenvalue weighted by Crippen LogP contribution is 2.08. The summed E-state index contributed by atoms with van der Waals surface area (Å²) in [4.78, 5) is 0. The van der Waals surface area contributed by atoms with Crippen molar-refractivity contribution in [2.45, 2.75) is 0 Å². The van der Waals surface area contributed by atoms with Crippen LogP contribution in [0.4, 0.5) is 0 Å². The Morgan fingerprint density at radius 3 is 2.20 bits per heavy atom. The van der Waals surface area contributed by atoms with Gasteiger partial charge < -0.3 is 5.11 Å². The molecule has 0 unspecified atom stereocenters. The van der Waals surface area contributed by atoms with Crippen molar-refractivity contribution in [1.29, 1.82) is 0 Å². The molecule has 0 saturated carbocycles. The summed E-state index contributed by atoms with van der Waals surface area (Å²) in [6, 6.07) is 6.87. The Labute approximate surface area is 70.2 Å². The van der Waals surface area contributed by atoms with Crippen LogP contribution < -0.4 is 5.19 Å². The Hall–Kier alpha value is -0.183. The molecule has 0 heterocycles. The van der Waals surface area contributed by atoms with Gasteiger partial charge in [-0.2, -0.15) is 0 Å². The van der Waals surface area contributed by atoms with Gasteiger partial charge >= 0.3 is 0 Å². The first-order valence-corrected chi connectivity index (χ1v) is 6.84. The lowest BCUT2D eigenvalue weighted by molar-refractivity contribution is 0.479. The van der Waals surface area contributed by atoms with E-state index >= 15 is 0 Å². The molecule has 0 aliphatic heterocycles. The lowest BCUT2D eigenvalue weighted by Crippen LogP contribution is -2.17. The predicted molar refractivity (Wildman–Crippen MR) is 46.6 cm³/mol. The SMILES string of the molecule is Oc1ccccc1[SiH](Cl)Cl. The summed E-state index contributed by atoms with van der Waals surface area (Å²) in [7, 11) is -1.87. The Morgan fingerprint density at radius 1 is 1.20 bits per heavy atom. The van der Waals surface area contributed by atoms with Crippen LogP contribution in [0.1, 0.15) is 0 Å². The minimum atomic E-state index is -1.87. The molecule has 1 aromatic rings. The number of phenols is 1. The average molecular weight is 193 g/mol. The molecular formula is C6H6Cl2OSi. The predicted octanol–water partition coefficient (Wildman–Crippen LogP) is 1.30. The molecule has 0 spiro atoms. The topological polar surface area (TPSA) is 20.2 Å². The van der Waals surface area contributed by atoms with Crippen molar-refractivity contribution in [2.24, 2.45) is 0 Å². The van der Waals surface area contributed by atoms with Crippen LogP contribution in [0.15, 0.2) is 24.3 Å². The van der Waals surface area contributed by atoms with Gasteiger partial charge in [0.15, 0.2) is 0 Å². The summed E-state index contributed by atoms with van der Waals surface area (Å²) in [5.74, 6) is 0.198. The monoisotopic (exact) mass is 192 g/mol. The molecule has 0 aromatic heterocycles. The Morgan fingerprint density at radius 2 is 1.80 bits per heavy atom. The molecule has 1 nitrogen and oxygen atoms in total. The van der Waals surface area contributed by atoms with Gasteiger partial charge in [0.05, 0.1) is 0 Å². The highest BCUT2D eigenvalue weighted by molar-refractivity contribution is 7.39. The van der Waals surface area contributed by atoms with E-state index in [2.05, 4.69) is 0 Å². The van der Waals surface area contributed by atoms with Crippen LogP contribution in [0.5, 0.6) is 5.75 Å². The number of phenolic OH excluding ortho intramolecular Hbond substituents is 1. The zero-order chi connectivity index (χ0) is 7.56. The summed E-state index contributed by atoms with van der Waals surface area (Å²) >= 11 is 11.3. The summed E-state index contributed by atoms with van der Waals surface area (Å²) in [5, 5.41) is 9.83. The number of hydrogen-bond donors (Lipinski definition) is 1. The first kappa shape index (κ1) is 7.92. The molecule has 10 heavy (non-hydrogen) atoms. The molecule has 1 aromatic carbocycles. The van der Waals surface area contributed by atoms with Crippen LogP contribution in [0.25, 0.3) is 0 Å². The maximum absolute atomic E-state index is 9.15. The van der Waals surface area contributed by atoms with Crippen molar-refractivity contribution in [3.8, 4) is 5.75 Å². The Balaban J connectivity index is 3.03. The van der Waals surface area contributed by atoms with Crippen molar-refractivity contribution < 1.29 is 5.11 Å². The van der Waals surface area contributed by atoms with Gasteiger partial charge in [-0.15, -0.1) is 22.2 Å². The van der Waals surface area contributed by atoms with Crippen LogP contribution in [-0.4, -0.2) is 12.5 Å². The smallest absolute Gasteiger partial charge is 0.270 e. The van der Waals surface area contributed by atoms with E-state index in [-0.39, 0.29) is 5.75 Å². The summed E-state index contributed by atoms with van der Waals surface area (Å²) < 4.78 is 0. The van der Waals surface area contributed by atoms with E-state index in [0.717, 1.165) is 0 Å². The zero-order valence-corrected chi connectivity index (χ0v) is 7.76. The van der Waals surface area contributed by atoms with Crippen LogP contribution in [0, 0.1) is 0 Å². The molecule has 54 valence electrons. The molecule has 0 atom stereocenters. The maximum Gasteiger partial charge on any atom is 0.270 e. The maximum atomic E-state index is 9.15. The minimum absolute atomic E-state index is 0.198. The van der Waals surface area contributed by atoms with Crippen molar-refractivity contribution in [3.05, 3.63) is 24.3 Å². The molecule has 0 radical (unpaired) electrons. The minimum Gasteiger partial charge on any atom is -0.508 e. The van der Waals surface area contributed by atoms with Gasteiger partial charge in [0.1, 0.15) is 5.75 Å². The first-order valence-electron chi connectivity index (χ1n) is 2.78. The van der Waals surface area contributed by atoms with Gasteiger partial charge in [-0.05, 0) is 6.07 Å². The number of para-hydroxylation sites is 1. The molecule has 4 heteroatoms. The standard InChI is InChI=1S/C6H6Cl2OSi/c7-10(8)6-4-2-1-3-5(6)9/h1-4,9-10H. The van der Waals surface area contributed by atoms with E-state index in [0.29, 0.717) is 5.19 Å². The number of halogens is 2. The first-order chi connectivity index (χ1) is 4.72. The molecule has 1 rings (SSSR count). The number of benzene rings is 1. The molecule has 0 aliphatic carbocycles. The van der Waals surface area contributed by atoms with Gasteiger partial charge in [0.25, 0.3) is 7.42 Å². The van der Waals surface area contributed by atoms with E-state index in [9.17, 15) is 0 Å². The van der Waals surface area contributed by atoms with E-state index in [1.165, 1.54) is 0 Å². The van der Waals surface area contributed by atoms with Crippen molar-refractivity contribution in [2.75, 3.05) is 0 Å². The number of hydrogen-bond acceptors (Lipinski definition) is 1. The number of aromatic hydroxyl groups is 1. The van der Waals surface area contributed by atoms with E-state index in [4.69, 9.17) is 27.3 Å². The highest BCUT2D eigenvalue weighted by Gasteiger charge is 2.09. The second-order valence-electron chi connectivity index (χ2n) is 1.86. The lowest BCUT2D eigenvalue weighted by atomic mass is 10.3. The third-order valence-corrected chi connectivity index (χ3v) is 3.54. The quantitative estimate of drug-likeness (QED) is 0.526. The fraction of sp³-hybridized carbons (Fsp3) is 0. The van der Waals surface area contributed by atoms with Crippen LogP contribution in [0.3, 0.4) is 0 Å². The second kappa shape index (κ2) is 3.28. The lowest BCUT2D eigenvalue weighted by Gasteiger charge is -2.00. The van der Waals surface area contributed by atoms with Gasteiger partial charge in [-0.25, -0.2) is 0 Å². The molecule has 0 amide bonds. The van der Waals surface area contributed by atoms with E-state index in [1.54, 1.807) is 24.3 Å². The largest absolute Gasteiger partial charge is 0.508 e. The van der Waals surface area contributed by atoms with Crippen molar-refractivity contribution in [3.63, 3.8) is 0 Å². The molecule has 0 saturated heterocycles. The molecule has 0 fully saturated rings. The van der Waals surface area contributed by atoms with Crippen LogP contribution in [0.2, 0.25) is 0 Å². The molecular weight excluding hydrogens is 187 g/mol. The fourth-order valence-electron chi connectivity index (χ4n) is 0.672. The van der Waals surface area contributed by atoms with Crippen molar-refractivity contribution in [1.82, 2.24) is 0 Å². The molecule has 0 aliphatic rings. The summed E-state index contributed by atoms with van der Waals surface area (Å²) in [5.41, 5.74) is 0. The van der Waals surface area contributed by atoms with Gasteiger partial charge in [0.2, 0.25) is 0 Å². The highest BCUT2D eigenvalue weighted by atomic mass is 35.7. The third-order valence-electron chi connectivity index (χ3n) is 1.17. The van der Waals surface area contributed by atoms with E-state index < -0.39 is 7.42 Å². The van der Waals surface area contributed by atoms with Gasteiger partial charge in [-0.3, -0.25) is 0 Å². The summed E-state index contributed by atoms with van der Waals surface area (Å²) in [6.45, 7) is 0. The Bertz CT molecular complexity index is 227. The summed E-state index contributed by atoms with van der Waals surface area (Å²) in [6.07, 6.45) is 0. The molecule has 1 N–H and O–H groups in total. The average Bonchev–Trinajstić information content (AvgIpc) is 1.88. The second-order valence-corrected chi connectivity index (χ2v) is 6.37. The third kappa shape index (κ3) is 1.65. The number of rotatable bonds is 1. The zero-order valence-electron chi connectivity index (χ0n) is 5.09.